The van der Waals surface area contributed by atoms with Gasteiger partial charge in [0.25, 0.3) is 0 Å². The van der Waals surface area contributed by atoms with Gasteiger partial charge in [0.15, 0.2) is 0 Å². The topological polar surface area (TPSA) is 20.3 Å². The van der Waals surface area contributed by atoms with Crippen molar-refractivity contribution in [2.24, 2.45) is 0 Å². The predicted octanol–water partition coefficient (Wildman–Crippen LogP) is 5.25. The second kappa shape index (κ2) is 7.03. The van der Waals surface area contributed by atoms with Gasteiger partial charge in [0.05, 0.1) is 6.04 Å². The SMILES string of the molecule is CC(CC(=O)N(C1CC1)C1CCCc2ccccc21)c1ccccc1. The van der Waals surface area contributed by atoms with Crippen LogP contribution in [0.5, 0.6) is 0 Å². The molecule has 0 aromatic heterocycles. The first-order chi connectivity index (χ1) is 12.2. The summed E-state index contributed by atoms with van der Waals surface area (Å²) < 4.78 is 0. The van der Waals surface area contributed by atoms with E-state index in [4.69, 9.17) is 0 Å². The lowest BCUT2D eigenvalue weighted by molar-refractivity contribution is -0.135. The van der Waals surface area contributed by atoms with Crippen molar-refractivity contribution in [2.75, 3.05) is 0 Å². The molecule has 1 saturated carbocycles. The fourth-order valence-corrected chi connectivity index (χ4v) is 4.27. The van der Waals surface area contributed by atoms with E-state index in [1.165, 1.54) is 36.0 Å². The Kier molecular flexibility index (Phi) is 4.61. The largest absolute Gasteiger partial charge is 0.333 e. The third-order valence-electron chi connectivity index (χ3n) is 5.75. The van der Waals surface area contributed by atoms with Gasteiger partial charge in [-0.15, -0.1) is 0 Å². The van der Waals surface area contributed by atoms with Gasteiger partial charge < -0.3 is 4.90 Å². The summed E-state index contributed by atoms with van der Waals surface area (Å²) in [4.78, 5) is 15.5. The first-order valence-electron chi connectivity index (χ1n) is 9.68. The number of amides is 1. The van der Waals surface area contributed by atoms with Crippen molar-refractivity contribution in [3.05, 3.63) is 71.3 Å². The van der Waals surface area contributed by atoms with Crippen LogP contribution in [-0.2, 0) is 11.2 Å². The van der Waals surface area contributed by atoms with Crippen LogP contribution in [0.15, 0.2) is 54.6 Å². The lowest BCUT2D eigenvalue weighted by atomic mass is 9.86. The maximum atomic E-state index is 13.2. The number of benzene rings is 2. The highest BCUT2D eigenvalue weighted by Gasteiger charge is 2.39. The summed E-state index contributed by atoms with van der Waals surface area (Å²) in [5.41, 5.74) is 4.09. The highest BCUT2D eigenvalue weighted by Crippen LogP contribution is 2.41. The van der Waals surface area contributed by atoms with Gasteiger partial charge in [-0.05, 0) is 54.7 Å². The first kappa shape index (κ1) is 16.4. The molecule has 0 radical (unpaired) electrons. The van der Waals surface area contributed by atoms with Crippen LogP contribution in [-0.4, -0.2) is 16.8 Å². The fourth-order valence-electron chi connectivity index (χ4n) is 4.27. The Morgan fingerprint density at radius 1 is 1.04 bits per heavy atom. The lowest BCUT2D eigenvalue weighted by Gasteiger charge is -2.37. The van der Waals surface area contributed by atoms with Gasteiger partial charge in [-0.1, -0.05) is 61.5 Å². The predicted molar refractivity (Wildman–Crippen MR) is 101 cm³/mol. The molecule has 2 aromatic rings. The molecule has 0 saturated heterocycles. The van der Waals surface area contributed by atoms with Crippen LogP contribution in [0.4, 0.5) is 0 Å². The molecular formula is C23H27NO. The Bertz CT molecular complexity index is 735. The second-order valence-corrected chi connectivity index (χ2v) is 7.65. The maximum absolute atomic E-state index is 13.2. The lowest BCUT2D eigenvalue weighted by Crippen LogP contribution is -2.38. The van der Waals surface area contributed by atoms with E-state index < -0.39 is 0 Å². The van der Waals surface area contributed by atoms with E-state index in [1.54, 1.807) is 0 Å². The van der Waals surface area contributed by atoms with E-state index in [0.29, 0.717) is 18.4 Å². The van der Waals surface area contributed by atoms with Crippen molar-refractivity contribution in [3.63, 3.8) is 0 Å². The summed E-state index contributed by atoms with van der Waals surface area (Å²) in [6.45, 7) is 2.17. The maximum Gasteiger partial charge on any atom is 0.223 e. The summed E-state index contributed by atoms with van der Waals surface area (Å²) >= 11 is 0. The number of carbonyl (C=O) groups is 1. The number of hydrogen-bond donors (Lipinski definition) is 0. The van der Waals surface area contributed by atoms with Gasteiger partial charge in [-0.2, -0.15) is 0 Å². The van der Waals surface area contributed by atoms with E-state index in [-0.39, 0.29) is 12.0 Å². The van der Waals surface area contributed by atoms with Crippen LogP contribution in [0.3, 0.4) is 0 Å². The van der Waals surface area contributed by atoms with E-state index >= 15 is 0 Å². The van der Waals surface area contributed by atoms with E-state index in [1.807, 2.05) is 6.07 Å². The number of aryl methyl sites for hydroxylation is 1. The van der Waals surface area contributed by atoms with Gasteiger partial charge in [0.1, 0.15) is 0 Å². The highest BCUT2D eigenvalue weighted by molar-refractivity contribution is 5.78. The minimum atomic E-state index is 0.272. The van der Waals surface area contributed by atoms with Crippen LogP contribution in [0.25, 0.3) is 0 Å². The summed E-state index contributed by atoms with van der Waals surface area (Å²) in [5, 5.41) is 0. The van der Waals surface area contributed by atoms with Crippen molar-refractivity contribution in [2.45, 2.75) is 63.5 Å². The van der Waals surface area contributed by atoms with Crippen molar-refractivity contribution >= 4 is 5.91 Å². The molecule has 2 heteroatoms. The Balaban J connectivity index is 1.55. The molecule has 1 fully saturated rings. The van der Waals surface area contributed by atoms with Crippen LogP contribution >= 0.6 is 0 Å². The molecule has 0 bridgehead atoms. The van der Waals surface area contributed by atoms with Crippen LogP contribution in [0, 0.1) is 0 Å². The number of carbonyl (C=O) groups excluding carboxylic acids is 1. The van der Waals surface area contributed by atoms with Gasteiger partial charge in [-0.3, -0.25) is 4.79 Å². The number of rotatable bonds is 5. The molecule has 0 aliphatic heterocycles. The molecule has 25 heavy (non-hydrogen) atoms. The minimum absolute atomic E-state index is 0.272. The first-order valence-corrected chi connectivity index (χ1v) is 9.68. The summed E-state index contributed by atoms with van der Waals surface area (Å²) in [5.74, 6) is 0.606. The number of hydrogen-bond acceptors (Lipinski definition) is 1. The quantitative estimate of drug-likeness (QED) is 0.732. The summed E-state index contributed by atoms with van der Waals surface area (Å²) in [6, 6.07) is 19.9. The average Bonchev–Trinajstić information content (AvgIpc) is 3.48. The minimum Gasteiger partial charge on any atom is -0.333 e. The third-order valence-corrected chi connectivity index (χ3v) is 5.75. The molecule has 130 valence electrons. The van der Waals surface area contributed by atoms with Crippen molar-refractivity contribution < 1.29 is 4.79 Å². The highest BCUT2D eigenvalue weighted by atomic mass is 16.2. The standard InChI is InChI=1S/C23H27NO/c1-17(18-8-3-2-4-9-18)16-23(25)24(20-14-15-20)22-13-7-11-19-10-5-6-12-21(19)22/h2-6,8-10,12,17,20,22H,7,11,13-16H2,1H3. The molecule has 2 unspecified atom stereocenters. The number of fused-ring (bicyclic) bond motifs is 1. The molecule has 2 aliphatic rings. The van der Waals surface area contributed by atoms with Gasteiger partial charge in [0.2, 0.25) is 5.91 Å². The van der Waals surface area contributed by atoms with Gasteiger partial charge in [-0.25, -0.2) is 0 Å². The second-order valence-electron chi connectivity index (χ2n) is 7.65. The average molecular weight is 333 g/mol. The van der Waals surface area contributed by atoms with Crippen molar-refractivity contribution in [1.82, 2.24) is 4.90 Å². The molecule has 4 rings (SSSR count). The van der Waals surface area contributed by atoms with Gasteiger partial charge in [0, 0.05) is 12.5 Å². The fraction of sp³-hybridized carbons (Fsp3) is 0.435. The van der Waals surface area contributed by atoms with Crippen LogP contribution in [0.2, 0.25) is 0 Å². The molecule has 2 nitrogen and oxygen atoms in total. The summed E-state index contributed by atoms with van der Waals surface area (Å²) in [7, 11) is 0. The van der Waals surface area contributed by atoms with Crippen LogP contribution in [0.1, 0.15) is 67.7 Å². The van der Waals surface area contributed by atoms with Crippen molar-refractivity contribution in [1.29, 1.82) is 0 Å². The van der Waals surface area contributed by atoms with E-state index in [0.717, 1.165) is 12.8 Å². The molecule has 0 heterocycles. The Morgan fingerprint density at radius 3 is 2.52 bits per heavy atom. The molecule has 2 aromatic carbocycles. The normalized spacial score (nSPS) is 20.6. The smallest absolute Gasteiger partial charge is 0.223 e. The van der Waals surface area contributed by atoms with Gasteiger partial charge >= 0.3 is 0 Å². The zero-order valence-electron chi connectivity index (χ0n) is 15.0. The van der Waals surface area contributed by atoms with Crippen LogP contribution < -0.4 is 0 Å². The molecular weight excluding hydrogens is 306 g/mol. The molecule has 0 N–H and O–H groups in total. The Hall–Kier alpha value is -2.09. The Labute approximate surface area is 150 Å². The summed E-state index contributed by atoms with van der Waals surface area (Å²) in [6.07, 6.45) is 6.40. The zero-order chi connectivity index (χ0) is 17.2. The monoisotopic (exact) mass is 333 g/mol. The zero-order valence-corrected chi connectivity index (χ0v) is 15.0. The molecule has 2 atom stereocenters. The molecule has 1 amide bonds. The number of nitrogens with zero attached hydrogens (tertiary/aromatic N) is 1. The van der Waals surface area contributed by atoms with E-state index in [9.17, 15) is 4.79 Å². The van der Waals surface area contributed by atoms with Crippen molar-refractivity contribution in [3.8, 4) is 0 Å². The third kappa shape index (κ3) is 3.49. The molecule has 0 spiro atoms. The Morgan fingerprint density at radius 2 is 1.76 bits per heavy atom. The molecule has 2 aliphatic carbocycles. The van der Waals surface area contributed by atoms with E-state index in [2.05, 4.69) is 60.4 Å².